The summed E-state index contributed by atoms with van der Waals surface area (Å²) < 4.78 is 27.8. The molecular weight excluding hydrogens is 418 g/mol. The number of thiophene rings is 1. The Bertz CT molecular complexity index is 968. The Morgan fingerprint density at radius 1 is 1.17 bits per heavy atom. The first-order valence-corrected chi connectivity index (χ1v) is 12.6. The van der Waals surface area contributed by atoms with Crippen molar-refractivity contribution in [3.8, 4) is 0 Å². The van der Waals surface area contributed by atoms with Gasteiger partial charge in [0.25, 0.3) is 10.0 Å². The SMILES string of the molecule is CCN(Cc1ccc(N(C)C)cc1)C(=O)C1CCCN(S(=O)(=O)c2ccc(C)s2)C1. The summed E-state index contributed by atoms with van der Waals surface area (Å²) in [5, 5.41) is 0. The maximum atomic E-state index is 13.2. The Morgan fingerprint density at radius 3 is 2.43 bits per heavy atom. The Morgan fingerprint density at radius 2 is 1.87 bits per heavy atom. The Hall–Kier alpha value is -1.90. The molecule has 1 atom stereocenters. The summed E-state index contributed by atoms with van der Waals surface area (Å²) in [6, 6.07) is 11.7. The van der Waals surface area contributed by atoms with Crippen molar-refractivity contribution in [3.05, 3.63) is 46.8 Å². The second-order valence-electron chi connectivity index (χ2n) is 7.98. The molecule has 0 saturated carbocycles. The molecule has 1 unspecified atom stereocenters. The number of hydrogen-bond acceptors (Lipinski definition) is 5. The number of piperidine rings is 1. The normalized spacial score (nSPS) is 17.7. The van der Waals surface area contributed by atoms with E-state index in [1.165, 1.54) is 15.6 Å². The van der Waals surface area contributed by atoms with Crippen LogP contribution in [0.3, 0.4) is 0 Å². The van der Waals surface area contributed by atoms with Gasteiger partial charge in [0.05, 0.1) is 5.92 Å². The van der Waals surface area contributed by atoms with Crippen molar-refractivity contribution < 1.29 is 13.2 Å². The van der Waals surface area contributed by atoms with E-state index in [-0.39, 0.29) is 18.4 Å². The van der Waals surface area contributed by atoms with Crippen molar-refractivity contribution in [3.63, 3.8) is 0 Å². The third-order valence-corrected chi connectivity index (χ3v) is 8.90. The number of sulfonamides is 1. The maximum absolute atomic E-state index is 13.2. The zero-order chi connectivity index (χ0) is 21.9. The number of aryl methyl sites for hydroxylation is 1. The van der Waals surface area contributed by atoms with E-state index in [0.717, 1.165) is 22.5 Å². The Balaban J connectivity index is 1.69. The maximum Gasteiger partial charge on any atom is 0.252 e. The van der Waals surface area contributed by atoms with Crippen LogP contribution in [0.2, 0.25) is 0 Å². The van der Waals surface area contributed by atoms with Crippen molar-refractivity contribution in [1.82, 2.24) is 9.21 Å². The van der Waals surface area contributed by atoms with Crippen LogP contribution >= 0.6 is 11.3 Å². The molecule has 8 heteroatoms. The molecular formula is C22H31N3O3S2. The fraction of sp³-hybridized carbons (Fsp3) is 0.500. The van der Waals surface area contributed by atoms with Crippen LogP contribution in [0.5, 0.6) is 0 Å². The van der Waals surface area contributed by atoms with Crippen LogP contribution < -0.4 is 4.90 Å². The lowest BCUT2D eigenvalue weighted by Gasteiger charge is -2.34. The number of rotatable bonds is 7. The third kappa shape index (κ3) is 5.04. The highest BCUT2D eigenvalue weighted by atomic mass is 32.2. The molecule has 1 saturated heterocycles. The van der Waals surface area contributed by atoms with Crippen LogP contribution in [-0.4, -0.2) is 57.3 Å². The summed E-state index contributed by atoms with van der Waals surface area (Å²) in [4.78, 5) is 18.1. The van der Waals surface area contributed by atoms with Gasteiger partial charge in [0.15, 0.2) is 0 Å². The summed E-state index contributed by atoms with van der Waals surface area (Å²) in [6.07, 6.45) is 1.43. The van der Waals surface area contributed by atoms with Gasteiger partial charge in [-0.1, -0.05) is 12.1 Å². The van der Waals surface area contributed by atoms with Crippen LogP contribution in [0.4, 0.5) is 5.69 Å². The number of nitrogens with zero attached hydrogens (tertiary/aromatic N) is 3. The molecule has 0 radical (unpaired) electrons. The Kier molecular flexibility index (Phi) is 7.21. The van der Waals surface area contributed by atoms with Gasteiger partial charge in [-0.2, -0.15) is 4.31 Å². The van der Waals surface area contributed by atoms with Gasteiger partial charge in [0, 0.05) is 50.8 Å². The predicted molar refractivity (Wildman–Crippen MR) is 122 cm³/mol. The van der Waals surface area contributed by atoms with E-state index in [0.29, 0.717) is 30.3 Å². The Labute approximate surface area is 184 Å². The molecule has 0 bridgehead atoms. The average Bonchev–Trinajstić information content (AvgIpc) is 3.19. The largest absolute Gasteiger partial charge is 0.378 e. The van der Waals surface area contributed by atoms with Crippen molar-refractivity contribution >= 4 is 33.0 Å². The standard InChI is InChI=1S/C22H31N3O3S2/c1-5-24(15-18-9-11-20(12-10-18)23(3)4)22(26)19-7-6-14-25(16-19)30(27,28)21-13-8-17(2)29-21/h8-13,19H,5-7,14-16H2,1-4H3. The van der Waals surface area contributed by atoms with E-state index in [2.05, 4.69) is 0 Å². The lowest BCUT2D eigenvalue weighted by atomic mass is 9.97. The van der Waals surface area contributed by atoms with E-state index in [1.807, 2.05) is 68.1 Å². The first-order chi connectivity index (χ1) is 14.2. The molecule has 1 aromatic carbocycles. The fourth-order valence-electron chi connectivity index (χ4n) is 3.76. The number of carbonyl (C=O) groups is 1. The second kappa shape index (κ2) is 9.49. The lowest BCUT2D eigenvalue weighted by Crippen LogP contribution is -2.46. The van der Waals surface area contributed by atoms with E-state index >= 15 is 0 Å². The van der Waals surface area contributed by atoms with Gasteiger partial charge in [0.2, 0.25) is 5.91 Å². The molecule has 1 aromatic heterocycles. The second-order valence-corrected chi connectivity index (χ2v) is 11.4. The monoisotopic (exact) mass is 449 g/mol. The minimum Gasteiger partial charge on any atom is -0.378 e. The minimum atomic E-state index is -3.54. The molecule has 164 valence electrons. The van der Waals surface area contributed by atoms with Gasteiger partial charge in [-0.15, -0.1) is 11.3 Å². The van der Waals surface area contributed by atoms with Crippen LogP contribution in [0.25, 0.3) is 0 Å². The van der Waals surface area contributed by atoms with Crippen LogP contribution in [0, 0.1) is 12.8 Å². The van der Waals surface area contributed by atoms with Crippen LogP contribution in [0.1, 0.15) is 30.2 Å². The van der Waals surface area contributed by atoms with Gasteiger partial charge in [0.1, 0.15) is 4.21 Å². The molecule has 0 aliphatic carbocycles. The molecule has 1 aliphatic heterocycles. The first-order valence-electron chi connectivity index (χ1n) is 10.3. The summed E-state index contributed by atoms with van der Waals surface area (Å²) in [5.74, 6) is -0.257. The van der Waals surface area contributed by atoms with Gasteiger partial charge in [-0.05, 0) is 56.5 Å². The smallest absolute Gasteiger partial charge is 0.252 e. The topological polar surface area (TPSA) is 60.9 Å². The number of hydrogen-bond donors (Lipinski definition) is 0. The van der Waals surface area contributed by atoms with Gasteiger partial charge >= 0.3 is 0 Å². The molecule has 1 fully saturated rings. The molecule has 0 spiro atoms. The highest BCUT2D eigenvalue weighted by molar-refractivity contribution is 7.91. The molecule has 6 nitrogen and oxygen atoms in total. The van der Waals surface area contributed by atoms with Crippen molar-refractivity contribution in [2.75, 3.05) is 38.6 Å². The van der Waals surface area contributed by atoms with Gasteiger partial charge < -0.3 is 9.80 Å². The summed E-state index contributed by atoms with van der Waals surface area (Å²) in [5.41, 5.74) is 2.19. The fourth-order valence-corrected chi connectivity index (χ4v) is 6.73. The minimum absolute atomic E-state index is 0.0384. The van der Waals surface area contributed by atoms with Gasteiger partial charge in [-0.25, -0.2) is 8.42 Å². The van der Waals surface area contributed by atoms with E-state index in [9.17, 15) is 13.2 Å². The highest BCUT2D eigenvalue weighted by Gasteiger charge is 2.35. The third-order valence-electron chi connectivity index (χ3n) is 5.56. The number of benzene rings is 1. The average molecular weight is 450 g/mol. The zero-order valence-electron chi connectivity index (χ0n) is 18.2. The lowest BCUT2D eigenvalue weighted by molar-refractivity contribution is -0.137. The van der Waals surface area contributed by atoms with Crippen LogP contribution in [0.15, 0.2) is 40.6 Å². The number of anilines is 1. The van der Waals surface area contributed by atoms with E-state index in [1.54, 1.807) is 6.07 Å². The quantitative estimate of drug-likeness (QED) is 0.648. The summed E-state index contributed by atoms with van der Waals surface area (Å²) >= 11 is 1.29. The molecule has 30 heavy (non-hydrogen) atoms. The van der Waals surface area contributed by atoms with E-state index < -0.39 is 10.0 Å². The first kappa shape index (κ1) is 22.8. The molecule has 0 N–H and O–H groups in total. The molecule has 1 amide bonds. The van der Waals surface area contributed by atoms with Crippen LogP contribution in [-0.2, 0) is 21.4 Å². The molecule has 2 heterocycles. The highest BCUT2D eigenvalue weighted by Crippen LogP contribution is 2.29. The van der Waals surface area contributed by atoms with Gasteiger partial charge in [-0.3, -0.25) is 4.79 Å². The van der Waals surface area contributed by atoms with Crippen molar-refractivity contribution in [2.24, 2.45) is 5.92 Å². The molecule has 2 aromatic rings. The predicted octanol–water partition coefficient (Wildman–Crippen LogP) is 3.57. The number of carbonyl (C=O) groups excluding carboxylic acids is 1. The summed E-state index contributed by atoms with van der Waals surface area (Å²) in [6.45, 7) is 5.74. The molecule has 1 aliphatic rings. The zero-order valence-corrected chi connectivity index (χ0v) is 19.8. The summed E-state index contributed by atoms with van der Waals surface area (Å²) in [7, 11) is 0.459. The van der Waals surface area contributed by atoms with E-state index in [4.69, 9.17) is 0 Å². The number of amides is 1. The van der Waals surface area contributed by atoms with Crippen molar-refractivity contribution in [2.45, 2.75) is 37.4 Å². The molecule has 3 rings (SSSR count). The van der Waals surface area contributed by atoms with Crippen molar-refractivity contribution in [1.29, 1.82) is 0 Å².